The number of hydrogen-bond donors (Lipinski definition) is 2. The summed E-state index contributed by atoms with van der Waals surface area (Å²) in [5.41, 5.74) is 17.2. The van der Waals surface area contributed by atoms with Crippen LogP contribution in [-0.2, 0) is 10.8 Å². The van der Waals surface area contributed by atoms with Gasteiger partial charge in [-0.15, -0.1) is 0 Å². The Morgan fingerprint density at radius 1 is 0.902 bits per heavy atom. The predicted molar refractivity (Wildman–Crippen MR) is 181 cm³/mol. The minimum Gasteiger partial charge on any atom is -0.372 e. The molecule has 5 rings (SSSR count). The first-order valence-electron chi connectivity index (χ1n) is 14.2. The molecule has 212 valence electrons. The van der Waals surface area contributed by atoms with Crippen LogP contribution >= 0.6 is 31.9 Å². The number of anilines is 1. The number of fused-ring (bicyclic) bond motifs is 2. The van der Waals surface area contributed by atoms with Crippen molar-refractivity contribution in [1.82, 2.24) is 5.32 Å². The molecule has 0 fully saturated rings. The Morgan fingerprint density at radius 2 is 1.63 bits per heavy atom. The van der Waals surface area contributed by atoms with Crippen LogP contribution in [0.1, 0.15) is 58.1 Å². The van der Waals surface area contributed by atoms with Crippen LogP contribution in [0.25, 0.3) is 0 Å². The van der Waals surface area contributed by atoms with Crippen molar-refractivity contribution in [3.63, 3.8) is 0 Å². The van der Waals surface area contributed by atoms with Crippen molar-refractivity contribution in [2.75, 3.05) is 11.6 Å². The average Bonchev–Trinajstić information content (AvgIpc) is 3.31. The second-order valence-corrected chi connectivity index (χ2v) is 12.7. The van der Waals surface area contributed by atoms with E-state index in [0.717, 1.165) is 25.0 Å². The maximum atomic E-state index is 6.08. The van der Waals surface area contributed by atoms with Crippen LogP contribution in [0.3, 0.4) is 0 Å². The molecule has 0 spiro atoms. The third-order valence-corrected chi connectivity index (χ3v) is 9.06. The summed E-state index contributed by atoms with van der Waals surface area (Å²) in [6.45, 7) is 9.59. The van der Waals surface area contributed by atoms with Crippen molar-refractivity contribution in [3.8, 4) is 0 Å². The normalized spacial score (nSPS) is 21.8. The lowest BCUT2D eigenvalue weighted by Crippen LogP contribution is -2.27. The van der Waals surface area contributed by atoms with Gasteiger partial charge in [0.05, 0.1) is 12.1 Å². The van der Waals surface area contributed by atoms with E-state index in [1.165, 1.54) is 45.1 Å². The average molecular weight is 676 g/mol. The van der Waals surface area contributed by atoms with Gasteiger partial charge >= 0.3 is 0 Å². The number of halogens is 2. The van der Waals surface area contributed by atoms with Crippen molar-refractivity contribution in [2.24, 2.45) is 5.73 Å². The van der Waals surface area contributed by atoms with Gasteiger partial charge in [-0.3, -0.25) is 0 Å². The lowest BCUT2D eigenvalue weighted by Gasteiger charge is -2.25. The molecule has 3 N–H and O–H groups in total. The number of hydrogen-bond acceptors (Lipinski definition) is 3. The first kappa shape index (κ1) is 29.6. The number of rotatable bonds is 7. The molecule has 2 aliphatic heterocycles. The van der Waals surface area contributed by atoms with Crippen molar-refractivity contribution in [2.45, 2.75) is 57.8 Å². The maximum Gasteiger partial charge on any atom is 0.215 e. The van der Waals surface area contributed by atoms with Gasteiger partial charge in [0.15, 0.2) is 11.9 Å². The minimum absolute atomic E-state index is 0.116. The quantitative estimate of drug-likeness (QED) is 0.228. The first-order chi connectivity index (χ1) is 19.7. The number of nitrogens with one attached hydrogen (secondary N) is 1. The first-order valence-corrected chi connectivity index (χ1v) is 16.0. The third kappa shape index (κ3) is 5.38. The highest BCUT2D eigenvalue weighted by Crippen LogP contribution is 2.48. The van der Waals surface area contributed by atoms with E-state index in [1.54, 1.807) is 0 Å². The Kier molecular flexibility index (Phi) is 8.74. The molecule has 0 radical (unpaired) electrons. The molecule has 41 heavy (non-hydrogen) atoms. The molecule has 0 aromatic heterocycles. The van der Waals surface area contributed by atoms with Crippen molar-refractivity contribution >= 4 is 48.9 Å². The molecule has 2 heterocycles. The number of benzene rings is 2. The smallest absolute Gasteiger partial charge is 0.215 e. The summed E-state index contributed by atoms with van der Waals surface area (Å²) in [6.07, 6.45) is 16.5. The summed E-state index contributed by atoms with van der Waals surface area (Å²) < 4.78 is 2.28. The summed E-state index contributed by atoms with van der Waals surface area (Å²) >= 11 is 7.01. The van der Waals surface area contributed by atoms with E-state index in [2.05, 4.69) is 160 Å². The van der Waals surface area contributed by atoms with Crippen LogP contribution in [0.2, 0.25) is 0 Å². The molecule has 2 aromatic carbocycles. The molecule has 0 saturated carbocycles. The Hall–Kier alpha value is -2.93. The predicted octanol–water partition coefficient (Wildman–Crippen LogP) is 8.90. The van der Waals surface area contributed by atoms with Gasteiger partial charge in [0.2, 0.25) is 5.69 Å². The fourth-order valence-corrected chi connectivity index (χ4v) is 6.99. The van der Waals surface area contributed by atoms with Gasteiger partial charge in [0.25, 0.3) is 0 Å². The zero-order chi connectivity index (χ0) is 29.2. The van der Waals surface area contributed by atoms with Gasteiger partial charge in [-0.25, -0.2) is 0 Å². The molecule has 3 aliphatic rings. The Balaban J connectivity index is 1.56. The molecule has 6 heteroatoms. The van der Waals surface area contributed by atoms with E-state index in [0.29, 0.717) is 6.67 Å². The second kappa shape index (κ2) is 12.1. The summed E-state index contributed by atoms with van der Waals surface area (Å²) in [5, 5.41) is 3.51. The molecule has 1 aliphatic carbocycles. The monoisotopic (exact) mass is 673 g/mol. The fourth-order valence-electron chi connectivity index (χ4n) is 6.52. The zero-order valence-electron chi connectivity index (χ0n) is 24.3. The summed E-state index contributed by atoms with van der Waals surface area (Å²) in [5.74, 6) is 0. The molecule has 0 atom stereocenters. The summed E-state index contributed by atoms with van der Waals surface area (Å²) in [7, 11) is 0. The molecule has 0 amide bonds. The van der Waals surface area contributed by atoms with E-state index in [4.69, 9.17) is 5.73 Å². The van der Waals surface area contributed by atoms with Gasteiger partial charge in [0.1, 0.15) is 0 Å². The number of nitrogens with two attached hydrogens (primary N) is 1. The molecule has 0 bridgehead atoms. The van der Waals surface area contributed by atoms with E-state index in [1.807, 2.05) is 9.97 Å². The standard InChI is InChI=1S/C35H38Br2N4/c1-34(2)27-12-5-7-14-29(27)40(22-20-36)31(34)18-16-25-10-9-11-26(33(25)39-24-38)17-19-32-35(3,4)28-13-6-8-15-30(28)41(32)23-21-37/h5-8,12-23H,9-11,24,38H2,1-4H3/p+1/b22-20+,23-21+,25-16+,31-18+. The molecular weight excluding hydrogens is 636 g/mol. The summed E-state index contributed by atoms with van der Waals surface area (Å²) in [4.78, 5) is 6.13. The topological polar surface area (TPSA) is 44.3 Å². The Labute approximate surface area is 261 Å². The molecule has 4 nitrogen and oxygen atoms in total. The third-order valence-electron chi connectivity index (χ3n) is 8.58. The van der Waals surface area contributed by atoms with E-state index in [-0.39, 0.29) is 10.8 Å². The van der Waals surface area contributed by atoms with Gasteiger partial charge in [-0.1, -0.05) is 94.3 Å². The van der Waals surface area contributed by atoms with Crippen LogP contribution in [0.4, 0.5) is 11.4 Å². The Bertz CT molecular complexity index is 1550. The van der Waals surface area contributed by atoms with Crippen LogP contribution in [-0.4, -0.2) is 17.0 Å². The van der Waals surface area contributed by atoms with Gasteiger partial charge in [0, 0.05) is 51.4 Å². The van der Waals surface area contributed by atoms with Gasteiger partial charge in [-0.05, 0) is 66.9 Å². The maximum absolute atomic E-state index is 6.08. The molecular formula is C35H39Br2N4+. The van der Waals surface area contributed by atoms with Crippen molar-refractivity contribution in [3.05, 3.63) is 129 Å². The van der Waals surface area contributed by atoms with E-state index < -0.39 is 0 Å². The van der Waals surface area contributed by atoms with E-state index in [9.17, 15) is 0 Å². The van der Waals surface area contributed by atoms with Crippen LogP contribution in [0, 0.1) is 0 Å². The van der Waals surface area contributed by atoms with Crippen LogP contribution in [0.15, 0.2) is 118 Å². The van der Waals surface area contributed by atoms with Crippen molar-refractivity contribution < 1.29 is 4.58 Å². The molecule has 2 aromatic rings. The highest BCUT2D eigenvalue weighted by atomic mass is 79.9. The number of para-hydroxylation sites is 2. The van der Waals surface area contributed by atoms with Crippen LogP contribution < -0.4 is 16.0 Å². The molecule has 0 unspecified atom stereocenters. The van der Waals surface area contributed by atoms with E-state index >= 15 is 0 Å². The largest absolute Gasteiger partial charge is 0.372 e. The zero-order valence-corrected chi connectivity index (χ0v) is 27.5. The van der Waals surface area contributed by atoms with Crippen LogP contribution in [0.5, 0.6) is 0 Å². The highest BCUT2D eigenvalue weighted by Gasteiger charge is 2.43. The SMILES string of the molecule is CC1(C)C(/C=C/C2=C(NCN)C(=C/C=C3/N(/C=C/Br)c4ccccc4C3(C)C)/CCC2)=[N+](/C=C/Br)c2ccccc21. The minimum atomic E-state index is -0.116. The lowest BCUT2D eigenvalue weighted by atomic mass is 9.81. The lowest BCUT2D eigenvalue weighted by molar-refractivity contribution is -0.356. The second-order valence-electron chi connectivity index (χ2n) is 11.7. The Morgan fingerprint density at radius 3 is 2.37 bits per heavy atom. The van der Waals surface area contributed by atoms with Gasteiger partial charge in [-0.2, -0.15) is 4.58 Å². The highest BCUT2D eigenvalue weighted by molar-refractivity contribution is 9.11. The summed E-state index contributed by atoms with van der Waals surface area (Å²) in [6, 6.07) is 17.3. The fraction of sp³-hybridized carbons (Fsp3) is 0.286. The molecule has 0 saturated heterocycles. The van der Waals surface area contributed by atoms with Crippen molar-refractivity contribution in [1.29, 1.82) is 0 Å². The van der Waals surface area contributed by atoms with Gasteiger partial charge < -0.3 is 16.0 Å². The number of allylic oxidation sites excluding steroid dienone is 7. The number of nitrogens with zero attached hydrogens (tertiary/aromatic N) is 2.